The molecule has 0 radical (unpaired) electrons. The maximum atomic E-state index is 14.1. The fourth-order valence-electron chi connectivity index (χ4n) is 4.12. The molecule has 1 aromatic heterocycles. The minimum absolute atomic E-state index is 0.0369. The monoisotopic (exact) mass is 413 g/mol. The Morgan fingerprint density at radius 1 is 1.21 bits per heavy atom. The van der Waals surface area contributed by atoms with Crippen molar-refractivity contribution >= 4 is 34.4 Å². The standard InChI is InChI=1S/C21H24FN5OS/c1-29-27-10-8-26(9-11-27)21(28)18-14-24-19-3-2-16(22)12-17(19)20(18)25-6-4-15(13-23)5-7-25/h2-3,12,14-15H,4-11H2,1H3. The van der Waals surface area contributed by atoms with Crippen LogP contribution in [0.3, 0.4) is 0 Å². The van der Waals surface area contributed by atoms with Crippen molar-refractivity contribution in [3.8, 4) is 6.07 Å². The van der Waals surface area contributed by atoms with Crippen molar-refractivity contribution in [2.45, 2.75) is 12.8 Å². The van der Waals surface area contributed by atoms with E-state index < -0.39 is 0 Å². The molecule has 2 fully saturated rings. The van der Waals surface area contributed by atoms with E-state index in [2.05, 4.69) is 20.3 Å². The lowest BCUT2D eigenvalue weighted by Crippen LogP contribution is -2.46. The second-order valence-electron chi connectivity index (χ2n) is 7.48. The van der Waals surface area contributed by atoms with Crippen molar-refractivity contribution in [1.82, 2.24) is 14.2 Å². The van der Waals surface area contributed by atoms with Gasteiger partial charge >= 0.3 is 0 Å². The summed E-state index contributed by atoms with van der Waals surface area (Å²) in [4.78, 5) is 21.8. The van der Waals surface area contributed by atoms with Crippen LogP contribution in [-0.2, 0) is 0 Å². The number of carbonyl (C=O) groups is 1. The van der Waals surface area contributed by atoms with Crippen molar-refractivity contribution < 1.29 is 9.18 Å². The number of pyridine rings is 1. The molecule has 0 saturated carbocycles. The lowest BCUT2D eigenvalue weighted by molar-refractivity contribution is 0.0704. The van der Waals surface area contributed by atoms with Crippen LogP contribution in [0.2, 0.25) is 0 Å². The SMILES string of the molecule is CSN1CCN(C(=O)c2cnc3ccc(F)cc3c2N2CCC(C#N)CC2)CC1. The summed E-state index contributed by atoms with van der Waals surface area (Å²) in [5, 5.41) is 9.88. The third kappa shape index (κ3) is 4.02. The van der Waals surface area contributed by atoms with Gasteiger partial charge in [-0.25, -0.2) is 8.70 Å². The summed E-state index contributed by atoms with van der Waals surface area (Å²) in [6.07, 6.45) is 5.17. The first-order chi connectivity index (χ1) is 14.1. The Balaban J connectivity index is 1.72. The minimum Gasteiger partial charge on any atom is -0.370 e. The van der Waals surface area contributed by atoms with Crippen molar-refractivity contribution in [2.24, 2.45) is 5.92 Å². The van der Waals surface area contributed by atoms with E-state index in [0.717, 1.165) is 31.6 Å². The highest BCUT2D eigenvalue weighted by molar-refractivity contribution is 7.96. The summed E-state index contributed by atoms with van der Waals surface area (Å²) in [6, 6.07) is 6.86. The highest BCUT2D eigenvalue weighted by Crippen LogP contribution is 2.34. The Kier molecular flexibility index (Phi) is 5.88. The van der Waals surface area contributed by atoms with E-state index in [-0.39, 0.29) is 17.6 Å². The van der Waals surface area contributed by atoms with Gasteiger partial charge in [0.2, 0.25) is 0 Å². The number of halogens is 1. The van der Waals surface area contributed by atoms with Gasteiger partial charge in [-0.15, -0.1) is 0 Å². The highest BCUT2D eigenvalue weighted by atomic mass is 32.2. The van der Waals surface area contributed by atoms with Gasteiger partial charge in [0, 0.05) is 56.8 Å². The second kappa shape index (κ2) is 8.56. The zero-order valence-corrected chi connectivity index (χ0v) is 17.3. The molecule has 4 rings (SSSR count). The molecule has 0 N–H and O–H groups in total. The van der Waals surface area contributed by atoms with Gasteiger partial charge < -0.3 is 9.80 Å². The molecule has 2 aliphatic rings. The average molecular weight is 414 g/mol. The molecule has 8 heteroatoms. The van der Waals surface area contributed by atoms with Gasteiger partial charge in [-0.1, -0.05) is 11.9 Å². The number of rotatable bonds is 3. The van der Waals surface area contributed by atoms with E-state index in [1.807, 2.05) is 11.2 Å². The molecule has 0 spiro atoms. The van der Waals surface area contributed by atoms with Crippen LogP contribution in [0.25, 0.3) is 10.9 Å². The van der Waals surface area contributed by atoms with Gasteiger partial charge in [0.05, 0.1) is 22.8 Å². The summed E-state index contributed by atoms with van der Waals surface area (Å²) in [5.74, 6) is -0.359. The molecule has 29 heavy (non-hydrogen) atoms. The molecule has 0 unspecified atom stereocenters. The number of amides is 1. The summed E-state index contributed by atoms with van der Waals surface area (Å²) >= 11 is 1.69. The molecule has 1 aromatic carbocycles. The van der Waals surface area contributed by atoms with E-state index in [9.17, 15) is 14.4 Å². The van der Waals surface area contributed by atoms with Crippen LogP contribution >= 0.6 is 11.9 Å². The average Bonchev–Trinajstić information content (AvgIpc) is 2.78. The van der Waals surface area contributed by atoms with Crippen LogP contribution in [0, 0.1) is 23.1 Å². The molecule has 6 nitrogen and oxygen atoms in total. The number of hydrogen-bond acceptors (Lipinski definition) is 6. The van der Waals surface area contributed by atoms with Crippen LogP contribution in [0.1, 0.15) is 23.2 Å². The number of nitrogens with zero attached hydrogens (tertiary/aromatic N) is 5. The number of anilines is 1. The van der Waals surface area contributed by atoms with Crippen LogP contribution in [0.15, 0.2) is 24.4 Å². The number of fused-ring (bicyclic) bond motifs is 1. The Morgan fingerprint density at radius 2 is 1.93 bits per heavy atom. The quantitative estimate of drug-likeness (QED) is 0.721. The lowest BCUT2D eigenvalue weighted by atomic mass is 9.96. The van der Waals surface area contributed by atoms with E-state index in [1.165, 1.54) is 12.1 Å². The van der Waals surface area contributed by atoms with Crippen molar-refractivity contribution in [3.05, 3.63) is 35.8 Å². The van der Waals surface area contributed by atoms with Crippen LogP contribution < -0.4 is 4.90 Å². The number of hydrogen-bond donors (Lipinski definition) is 0. The first kappa shape index (κ1) is 19.9. The number of piperazine rings is 1. The van der Waals surface area contributed by atoms with Gasteiger partial charge in [0.1, 0.15) is 5.82 Å². The molecule has 0 atom stereocenters. The third-order valence-corrected chi connectivity index (χ3v) is 6.69. The third-order valence-electron chi connectivity index (χ3n) is 5.81. The number of carbonyl (C=O) groups excluding carboxylic acids is 1. The Hall–Kier alpha value is -2.37. The number of nitriles is 1. The van der Waals surface area contributed by atoms with Crippen LogP contribution in [0.4, 0.5) is 10.1 Å². The summed E-state index contributed by atoms with van der Waals surface area (Å²) in [7, 11) is 0. The van der Waals surface area contributed by atoms with Crippen LogP contribution in [0.5, 0.6) is 0 Å². The van der Waals surface area contributed by atoms with Gasteiger partial charge in [0.15, 0.2) is 0 Å². The molecular weight excluding hydrogens is 389 g/mol. The molecule has 2 aromatic rings. The fourth-order valence-corrected chi connectivity index (χ4v) is 4.65. The van der Waals surface area contributed by atoms with Crippen LogP contribution in [-0.4, -0.2) is 65.6 Å². The zero-order chi connectivity index (χ0) is 20.4. The molecule has 2 aliphatic heterocycles. The number of piperidine rings is 1. The molecule has 152 valence electrons. The topological polar surface area (TPSA) is 63.5 Å². The van der Waals surface area contributed by atoms with E-state index in [1.54, 1.807) is 24.2 Å². The first-order valence-corrected chi connectivity index (χ1v) is 11.1. The van der Waals surface area contributed by atoms with Gasteiger partial charge in [-0.05, 0) is 37.3 Å². The predicted molar refractivity (Wildman–Crippen MR) is 113 cm³/mol. The van der Waals surface area contributed by atoms with E-state index in [0.29, 0.717) is 42.6 Å². The molecule has 1 amide bonds. The molecule has 0 bridgehead atoms. The number of aromatic nitrogens is 1. The zero-order valence-electron chi connectivity index (χ0n) is 16.5. The minimum atomic E-state index is -0.342. The maximum Gasteiger partial charge on any atom is 0.257 e. The van der Waals surface area contributed by atoms with Crippen molar-refractivity contribution in [3.63, 3.8) is 0 Å². The smallest absolute Gasteiger partial charge is 0.257 e. The van der Waals surface area contributed by atoms with Gasteiger partial charge in [-0.2, -0.15) is 5.26 Å². The summed E-state index contributed by atoms with van der Waals surface area (Å²) in [6.45, 7) is 4.33. The van der Waals surface area contributed by atoms with Crippen molar-refractivity contribution in [2.75, 3.05) is 50.4 Å². The molecule has 2 saturated heterocycles. The van der Waals surface area contributed by atoms with E-state index in [4.69, 9.17) is 0 Å². The fraction of sp³-hybridized carbons (Fsp3) is 0.476. The number of benzene rings is 1. The summed E-state index contributed by atoms with van der Waals surface area (Å²) < 4.78 is 16.3. The second-order valence-corrected chi connectivity index (χ2v) is 8.36. The van der Waals surface area contributed by atoms with Crippen molar-refractivity contribution in [1.29, 1.82) is 5.26 Å². The molecule has 0 aliphatic carbocycles. The van der Waals surface area contributed by atoms with Gasteiger partial charge in [0.25, 0.3) is 5.91 Å². The molecule has 3 heterocycles. The Labute approximate surface area is 174 Å². The maximum absolute atomic E-state index is 14.1. The Bertz CT molecular complexity index is 946. The normalized spacial score (nSPS) is 18.8. The Morgan fingerprint density at radius 3 is 2.59 bits per heavy atom. The highest BCUT2D eigenvalue weighted by Gasteiger charge is 2.29. The molecular formula is C21H24FN5OS. The van der Waals surface area contributed by atoms with Gasteiger partial charge in [-0.3, -0.25) is 9.78 Å². The first-order valence-electron chi connectivity index (χ1n) is 9.92. The lowest BCUT2D eigenvalue weighted by Gasteiger charge is -2.36. The summed E-state index contributed by atoms with van der Waals surface area (Å²) in [5.41, 5.74) is 1.95. The van der Waals surface area contributed by atoms with E-state index >= 15 is 0 Å². The predicted octanol–water partition coefficient (Wildman–Crippen LogP) is 3.15. The largest absolute Gasteiger partial charge is 0.370 e.